The van der Waals surface area contributed by atoms with E-state index in [4.69, 9.17) is 0 Å². The second-order valence-electron chi connectivity index (χ2n) is 3.11. The largest absolute Gasteiger partial charge is 0.298 e. The lowest BCUT2D eigenvalue weighted by Gasteiger charge is -2.10. The minimum absolute atomic E-state index is 0.561. The Kier molecular flexibility index (Phi) is 2.38. The van der Waals surface area contributed by atoms with Crippen molar-refractivity contribution in [1.82, 2.24) is 5.32 Å². The molecule has 0 bridgehead atoms. The standard InChI is InChI=1S/C10H13NS/c1-8-11-10(7-12-8)9-5-3-2-4-6-9/h2-6,8,10-11H,7H2,1H3. The summed E-state index contributed by atoms with van der Waals surface area (Å²) in [4.78, 5) is 0. The summed E-state index contributed by atoms with van der Waals surface area (Å²) in [6.07, 6.45) is 0. The zero-order chi connectivity index (χ0) is 8.39. The number of nitrogens with one attached hydrogen (secondary N) is 1. The maximum absolute atomic E-state index is 3.53. The van der Waals surface area contributed by atoms with E-state index in [0.29, 0.717) is 11.4 Å². The van der Waals surface area contributed by atoms with Crippen LogP contribution in [0.4, 0.5) is 0 Å². The van der Waals surface area contributed by atoms with Crippen LogP contribution in [-0.2, 0) is 0 Å². The lowest BCUT2D eigenvalue weighted by Crippen LogP contribution is -2.20. The molecule has 1 aliphatic heterocycles. The van der Waals surface area contributed by atoms with Crippen LogP contribution in [0.3, 0.4) is 0 Å². The Morgan fingerprint density at radius 3 is 2.67 bits per heavy atom. The molecule has 64 valence electrons. The van der Waals surface area contributed by atoms with Crippen molar-refractivity contribution in [3.05, 3.63) is 35.9 Å². The van der Waals surface area contributed by atoms with E-state index in [1.165, 1.54) is 11.3 Å². The van der Waals surface area contributed by atoms with Crippen LogP contribution < -0.4 is 5.32 Å². The molecule has 2 heteroatoms. The van der Waals surface area contributed by atoms with Gasteiger partial charge in [-0.25, -0.2) is 0 Å². The van der Waals surface area contributed by atoms with Gasteiger partial charge < -0.3 is 0 Å². The highest BCUT2D eigenvalue weighted by atomic mass is 32.2. The fourth-order valence-electron chi connectivity index (χ4n) is 1.50. The molecule has 1 aliphatic rings. The van der Waals surface area contributed by atoms with E-state index in [1.54, 1.807) is 0 Å². The minimum Gasteiger partial charge on any atom is -0.298 e. The van der Waals surface area contributed by atoms with E-state index < -0.39 is 0 Å². The van der Waals surface area contributed by atoms with Crippen LogP contribution in [0.5, 0.6) is 0 Å². The first-order valence-electron chi connectivity index (χ1n) is 4.29. The van der Waals surface area contributed by atoms with Gasteiger partial charge in [0.15, 0.2) is 0 Å². The molecule has 0 aromatic heterocycles. The number of hydrogen-bond acceptors (Lipinski definition) is 2. The van der Waals surface area contributed by atoms with Crippen LogP contribution in [-0.4, -0.2) is 11.1 Å². The highest BCUT2D eigenvalue weighted by Gasteiger charge is 2.21. The Hall–Kier alpha value is -0.470. The Labute approximate surface area is 77.6 Å². The maximum atomic E-state index is 3.53. The van der Waals surface area contributed by atoms with E-state index >= 15 is 0 Å². The molecule has 0 radical (unpaired) electrons. The SMILES string of the molecule is CC1NC(c2ccccc2)CS1. The monoisotopic (exact) mass is 179 g/mol. The lowest BCUT2D eigenvalue weighted by molar-refractivity contribution is 0.612. The average molecular weight is 179 g/mol. The Morgan fingerprint density at radius 1 is 1.33 bits per heavy atom. The van der Waals surface area contributed by atoms with Gasteiger partial charge in [0.2, 0.25) is 0 Å². The van der Waals surface area contributed by atoms with Gasteiger partial charge in [-0.15, -0.1) is 11.8 Å². The van der Waals surface area contributed by atoms with Gasteiger partial charge in [0, 0.05) is 11.8 Å². The predicted molar refractivity (Wildman–Crippen MR) is 54.2 cm³/mol. The number of hydrogen-bond donors (Lipinski definition) is 1. The van der Waals surface area contributed by atoms with Crippen LogP contribution in [0.1, 0.15) is 18.5 Å². The summed E-state index contributed by atoms with van der Waals surface area (Å²) >= 11 is 1.99. The summed E-state index contributed by atoms with van der Waals surface area (Å²) in [6, 6.07) is 11.2. The number of thioether (sulfide) groups is 1. The molecule has 0 amide bonds. The third-order valence-electron chi connectivity index (χ3n) is 2.15. The van der Waals surface area contributed by atoms with Gasteiger partial charge in [0.25, 0.3) is 0 Å². The number of rotatable bonds is 1. The van der Waals surface area contributed by atoms with E-state index in [2.05, 4.69) is 42.6 Å². The fraction of sp³-hybridized carbons (Fsp3) is 0.400. The van der Waals surface area contributed by atoms with E-state index in [0.717, 1.165) is 0 Å². The first-order valence-corrected chi connectivity index (χ1v) is 5.34. The lowest BCUT2D eigenvalue weighted by atomic mass is 10.1. The molecule has 2 rings (SSSR count). The second-order valence-corrected chi connectivity index (χ2v) is 4.48. The normalized spacial score (nSPS) is 29.1. The molecule has 1 aromatic carbocycles. The predicted octanol–water partition coefficient (Wildman–Crippen LogP) is 2.41. The molecule has 1 saturated heterocycles. The summed E-state index contributed by atoms with van der Waals surface area (Å²) in [5.41, 5.74) is 1.41. The maximum Gasteiger partial charge on any atom is 0.0509 e. The van der Waals surface area contributed by atoms with Crippen LogP contribution >= 0.6 is 11.8 Å². The molecule has 1 N–H and O–H groups in total. The van der Waals surface area contributed by atoms with Gasteiger partial charge in [-0.2, -0.15) is 0 Å². The first-order chi connectivity index (χ1) is 5.86. The summed E-state index contributed by atoms with van der Waals surface area (Å²) in [5.74, 6) is 1.20. The summed E-state index contributed by atoms with van der Waals surface area (Å²) in [7, 11) is 0. The zero-order valence-electron chi connectivity index (χ0n) is 7.16. The molecule has 0 aliphatic carbocycles. The summed E-state index contributed by atoms with van der Waals surface area (Å²) in [5, 5.41) is 4.14. The molecule has 2 unspecified atom stereocenters. The van der Waals surface area contributed by atoms with Gasteiger partial charge >= 0.3 is 0 Å². The Bertz CT molecular complexity index is 247. The van der Waals surface area contributed by atoms with E-state index in [9.17, 15) is 0 Å². The van der Waals surface area contributed by atoms with Crippen molar-refractivity contribution in [2.24, 2.45) is 0 Å². The molecule has 1 aromatic rings. The van der Waals surface area contributed by atoms with Crippen molar-refractivity contribution in [2.75, 3.05) is 5.75 Å². The van der Waals surface area contributed by atoms with Crippen LogP contribution in [0.25, 0.3) is 0 Å². The topological polar surface area (TPSA) is 12.0 Å². The quantitative estimate of drug-likeness (QED) is 0.710. The Morgan fingerprint density at radius 2 is 2.08 bits per heavy atom. The molecular weight excluding hydrogens is 166 g/mol. The summed E-state index contributed by atoms with van der Waals surface area (Å²) in [6.45, 7) is 2.22. The third-order valence-corrected chi connectivity index (χ3v) is 3.31. The Balaban J connectivity index is 2.11. The molecule has 0 spiro atoms. The fourth-order valence-corrected chi connectivity index (χ4v) is 2.53. The smallest absolute Gasteiger partial charge is 0.0509 e. The van der Waals surface area contributed by atoms with Gasteiger partial charge in [0.05, 0.1) is 5.37 Å². The molecule has 12 heavy (non-hydrogen) atoms. The molecule has 1 heterocycles. The molecular formula is C10H13NS. The van der Waals surface area contributed by atoms with Crippen molar-refractivity contribution in [2.45, 2.75) is 18.3 Å². The van der Waals surface area contributed by atoms with Gasteiger partial charge in [-0.1, -0.05) is 30.3 Å². The van der Waals surface area contributed by atoms with Crippen LogP contribution in [0, 0.1) is 0 Å². The van der Waals surface area contributed by atoms with Crippen LogP contribution in [0.2, 0.25) is 0 Å². The van der Waals surface area contributed by atoms with E-state index in [-0.39, 0.29) is 0 Å². The van der Waals surface area contributed by atoms with Crippen molar-refractivity contribution in [1.29, 1.82) is 0 Å². The highest BCUT2D eigenvalue weighted by molar-refractivity contribution is 8.00. The molecule has 2 atom stereocenters. The van der Waals surface area contributed by atoms with Gasteiger partial charge in [0.1, 0.15) is 0 Å². The average Bonchev–Trinajstić information content (AvgIpc) is 2.54. The van der Waals surface area contributed by atoms with Crippen molar-refractivity contribution in [3.63, 3.8) is 0 Å². The highest BCUT2D eigenvalue weighted by Crippen LogP contribution is 2.28. The molecule has 1 nitrogen and oxygen atoms in total. The van der Waals surface area contributed by atoms with Crippen molar-refractivity contribution < 1.29 is 0 Å². The molecule has 0 saturated carbocycles. The first kappa shape index (κ1) is 8.14. The van der Waals surface area contributed by atoms with Crippen LogP contribution in [0.15, 0.2) is 30.3 Å². The molecule has 1 fully saturated rings. The van der Waals surface area contributed by atoms with Crippen molar-refractivity contribution >= 4 is 11.8 Å². The summed E-state index contributed by atoms with van der Waals surface area (Å²) < 4.78 is 0. The third kappa shape index (κ3) is 1.65. The van der Waals surface area contributed by atoms with Crippen molar-refractivity contribution in [3.8, 4) is 0 Å². The van der Waals surface area contributed by atoms with E-state index in [1.807, 2.05) is 11.8 Å². The second kappa shape index (κ2) is 3.50. The zero-order valence-corrected chi connectivity index (χ0v) is 7.97. The van der Waals surface area contributed by atoms with Gasteiger partial charge in [-0.3, -0.25) is 5.32 Å². The minimum atomic E-state index is 0.561. The van der Waals surface area contributed by atoms with Gasteiger partial charge in [-0.05, 0) is 12.5 Å². The number of benzene rings is 1.